The van der Waals surface area contributed by atoms with Crippen LogP contribution in [0.2, 0.25) is 0 Å². The van der Waals surface area contributed by atoms with Crippen LogP contribution < -0.4 is 10.9 Å². The molecule has 7 nitrogen and oxygen atoms in total. The molecule has 0 saturated heterocycles. The maximum Gasteiger partial charge on any atom is 0.259 e. The summed E-state index contributed by atoms with van der Waals surface area (Å²) >= 11 is 1.43. The van der Waals surface area contributed by atoms with Gasteiger partial charge in [-0.15, -0.1) is 11.3 Å². The molecule has 4 heterocycles. The Morgan fingerprint density at radius 3 is 2.93 bits per heavy atom. The summed E-state index contributed by atoms with van der Waals surface area (Å²) in [5.74, 6) is 1.04. The molecule has 5 aromatic rings. The Balaban J connectivity index is 1.46. The number of thiazole rings is 1. The Morgan fingerprint density at radius 1 is 1.14 bits per heavy atom. The van der Waals surface area contributed by atoms with E-state index in [9.17, 15) is 4.79 Å². The number of anilines is 1. The van der Waals surface area contributed by atoms with Gasteiger partial charge in [0.1, 0.15) is 10.3 Å². The van der Waals surface area contributed by atoms with Gasteiger partial charge in [-0.2, -0.15) is 0 Å². The summed E-state index contributed by atoms with van der Waals surface area (Å²) in [7, 11) is 0. The zero-order valence-electron chi connectivity index (χ0n) is 15.7. The highest BCUT2D eigenvalue weighted by Crippen LogP contribution is 2.26. The van der Waals surface area contributed by atoms with E-state index in [1.807, 2.05) is 6.07 Å². The number of aromatic amines is 2. The Hall–Kier alpha value is -3.52. The fraction of sp³-hybridized carbons (Fsp3) is 0.143. The first-order valence-electron chi connectivity index (χ1n) is 9.30. The van der Waals surface area contributed by atoms with Crippen molar-refractivity contribution in [2.24, 2.45) is 0 Å². The van der Waals surface area contributed by atoms with Crippen molar-refractivity contribution < 1.29 is 0 Å². The molecule has 8 heteroatoms. The molecule has 0 bridgehead atoms. The standard InChI is InChI=1S/C21H18N6OS/c1-12-13(14-5-2-3-7-16(14)25-12)8-10-22-19-17-21(29-11-24-17)27-18(26-19)15-6-4-9-23-20(15)28/h2-7,9,11,25H,8,10H2,1H3,(H,23,28)(H,22,26,27). The summed E-state index contributed by atoms with van der Waals surface area (Å²) in [5, 5.41) is 4.64. The van der Waals surface area contributed by atoms with Gasteiger partial charge in [0.2, 0.25) is 0 Å². The van der Waals surface area contributed by atoms with Gasteiger partial charge in [0, 0.05) is 29.3 Å². The number of aryl methyl sites for hydroxylation is 1. The van der Waals surface area contributed by atoms with Gasteiger partial charge in [-0.3, -0.25) is 4.79 Å². The average molecular weight is 402 g/mol. The molecule has 1 aromatic carbocycles. The van der Waals surface area contributed by atoms with Crippen molar-refractivity contribution >= 4 is 38.4 Å². The molecule has 0 atom stereocenters. The molecule has 4 aromatic heterocycles. The molecule has 0 fully saturated rings. The van der Waals surface area contributed by atoms with Crippen molar-refractivity contribution in [3.8, 4) is 11.4 Å². The van der Waals surface area contributed by atoms with Crippen LogP contribution in [-0.4, -0.2) is 31.5 Å². The quantitative estimate of drug-likeness (QED) is 0.414. The third-order valence-corrected chi connectivity index (χ3v) is 5.67. The monoisotopic (exact) mass is 402 g/mol. The number of nitrogens with zero attached hydrogens (tertiary/aromatic N) is 3. The predicted octanol–water partition coefficient (Wildman–Crippen LogP) is 3.89. The van der Waals surface area contributed by atoms with E-state index in [0.717, 1.165) is 22.3 Å². The number of benzene rings is 1. The highest BCUT2D eigenvalue weighted by molar-refractivity contribution is 7.16. The largest absolute Gasteiger partial charge is 0.368 e. The lowest BCUT2D eigenvalue weighted by molar-refractivity contribution is 0.997. The molecule has 5 rings (SSSR count). The lowest BCUT2D eigenvalue weighted by Crippen LogP contribution is -2.12. The fourth-order valence-corrected chi connectivity index (χ4v) is 4.22. The minimum atomic E-state index is -0.211. The normalized spacial score (nSPS) is 11.3. The summed E-state index contributed by atoms with van der Waals surface area (Å²) in [6, 6.07) is 11.8. The Labute approximate surface area is 169 Å². The third kappa shape index (κ3) is 3.17. The lowest BCUT2D eigenvalue weighted by Gasteiger charge is -2.08. The number of H-pyrrole nitrogens is 2. The van der Waals surface area contributed by atoms with Crippen molar-refractivity contribution in [1.82, 2.24) is 24.9 Å². The summed E-state index contributed by atoms with van der Waals surface area (Å²) in [4.78, 5) is 32.5. The first-order valence-corrected chi connectivity index (χ1v) is 10.2. The van der Waals surface area contributed by atoms with E-state index in [1.165, 1.54) is 28.0 Å². The van der Waals surface area contributed by atoms with E-state index in [2.05, 4.69) is 55.4 Å². The van der Waals surface area contributed by atoms with Gasteiger partial charge in [0.25, 0.3) is 5.56 Å². The van der Waals surface area contributed by atoms with Crippen molar-refractivity contribution in [2.45, 2.75) is 13.3 Å². The van der Waals surface area contributed by atoms with E-state index in [-0.39, 0.29) is 5.56 Å². The van der Waals surface area contributed by atoms with Crippen LogP contribution in [0, 0.1) is 6.92 Å². The molecule has 0 aliphatic carbocycles. The maximum atomic E-state index is 12.2. The Morgan fingerprint density at radius 2 is 2.03 bits per heavy atom. The number of hydrogen-bond donors (Lipinski definition) is 3. The van der Waals surface area contributed by atoms with Gasteiger partial charge in [0.15, 0.2) is 11.6 Å². The van der Waals surface area contributed by atoms with Crippen molar-refractivity contribution in [3.63, 3.8) is 0 Å². The van der Waals surface area contributed by atoms with Crippen molar-refractivity contribution in [3.05, 3.63) is 69.7 Å². The SMILES string of the molecule is Cc1[nH]c2ccccc2c1CCNc1nc(-c2ccc[nH]c2=O)nc2scnc12. The summed E-state index contributed by atoms with van der Waals surface area (Å²) in [6.45, 7) is 2.79. The number of nitrogens with one attached hydrogen (secondary N) is 3. The van der Waals surface area contributed by atoms with Gasteiger partial charge in [-0.25, -0.2) is 15.0 Å². The maximum absolute atomic E-state index is 12.2. The second-order valence-electron chi connectivity index (χ2n) is 6.77. The van der Waals surface area contributed by atoms with Crippen molar-refractivity contribution in [1.29, 1.82) is 0 Å². The second kappa shape index (κ2) is 7.14. The van der Waals surface area contributed by atoms with Crippen LogP contribution in [0.1, 0.15) is 11.3 Å². The molecule has 144 valence electrons. The second-order valence-corrected chi connectivity index (χ2v) is 7.60. The van der Waals surface area contributed by atoms with Gasteiger partial charge < -0.3 is 15.3 Å². The van der Waals surface area contributed by atoms with Crippen LogP contribution in [0.4, 0.5) is 5.82 Å². The van der Waals surface area contributed by atoms with Crippen molar-refractivity contribution in [2.75, 3.05) is 11.9 Å². The third-order valence-electron chi connectivity index (χ3n) is 4.95. The fourth-order valence-electron chi connectivity index (χ4n) is 3.57. The number of pyridine rings is 1. The summed E-state index contributed by atoms with van der Waals surface area (Å²) < 4.78 is 0. The van der Waals surface area contributed by atoms with E-state index < -0.39 is 0 Å². The van der Waals surface area contributed by atoms with E-state index in [4.69, 9.17) is 0 Å². The average Bonchev–Trinajstić information content (AvgIpc) is 3.32. The molecule has 29 heavy (non-hydrogen) atoms. The topological polar surface area (TPSA) is 99.3 Å². The number of hydrogen-bond acceptors (Lipinski definition) is 6. The van der Waals surface area contributed by atoms with Crippen LogP contribution >= 0.6 is 11.3 Å². The number of fused-ring (bicyclic) bond motifs is 2. The molecular formula is C21H18N6OS. The van der Waals surface area contributed by atoms with E-state index in [1.54, 1.807) is 23.8 Å². The molecule has 0 aliphatic rings. The molecule has 0 saturated carbocycles. The Kier molecular flexibility index (Phi) is 4.33. The molecule has 0 amide bonds. The smallest absolute Gasteiger partial charge is 0.259 e. The lowest BCUT2D eigenvalue weighted by atomic mass is 10.1. The Bertz CT molecular complexity index is 1380. The van der Waals surface area contributed by atoms with Crippen LogP contribution in [-0.2, 0) is 6.42 Å². The molecule has 3 N–H and O–H groups in total. The minimum Gasteiger partial charge on any atom is -0.368 e. The highest BCUT2D eigenvalue weighted by atomic mass is 32.1. The summed E-state index contributed by atoms with van der Waals surface area (Å²) in [6.07, 6.45) is 2.44. The number of para-hydroxylation sites is 1. The van der Waals surface area contributed by atoms with Crippen LogP contribution in [0.3, 0.4) is 0 Å². The van der Waals surface area contributed by atoms with Gasteiger partial charge >= 0.3 is 0 Å². The summed E-state index contributed by atoms with van der Waals surface area (Å²) in [5.41, 5.74) is 6.31. The van der Waals surface area contributed by atoms with E-state index >= 15 is 0 Å². The number of aromatic nitrogens is 5. The van der Waals surface area contributed by atoms with Crippen LogP contribution in [0.5, 0.6) is 0 Å². The predicted molar refractivity (Wildman–Crippen MR) is 116 cm³/mol. The molecule has 0 radical (unpaired) electrons. The zero-order valence-corrected chi connectivity index (χ0v) is 16.5. The molecule has 0 unspecified atom stereocenters. The molecular weight excluding hydrogens is 384 g/mol. The highest BCUT2D eigenvalue weighted by Gasteiger charge is 2.14. The van der Waals surface area contributed by atoms with Crippen LogP contribution in [0.15, 0.2) is 52.9 Å². The first kappa shape index (κ1) is 17.6. The van der Waals surface area contributed by atoms with Crippen LogP contribution in [0.25, 0.3) is 32.6 Å². The number of rotatable bonds is 5. The minimum absolute atomic E-state index is 0.211. The molecule has 0 aliphatic heterocycles. The van der Waals surface area contributed by atoms with Gasteiger partial charge in [0.05, 0.1) is 11.1 Å². The first-order chi connectivity index (χ1) is 14.2. The zero-order chi connectivity index (χ0) is 19.8. The van der Waals surface area contributed by atoms with E-state index in [0.29, 0.717) is 23.8 Å². The van der Waals surface area contributed by atoms with Gasteiger partial charge in [-0.1, -0.05) is 18.2 Å². The van der Waals surface area contributed by atoms with Gasteiger partial charge in [-0.05, 0) is 37.1 Å². The molecule has 0 spiro atoms.